The number of rotatable bonds is 11. The molecule has 0 saturated heterocycles. The van der Waals surface area contributed by atoms with Gasteiger partial charge in [0.2, 0.25) is 0 Å². The third kappa shape index (κ3) is 6.22. The molecule has 152 valence electrons. The number of aromatic nitrogens is 2. The molecule has 1 amide bonds. The van der Waals surface area contributed by atoms with Crippen LogP contribution in [0.3, 0.4) is 0 Å². The molecule has 1 aromatic carbocycles. The number of hydrogen-bond acceptors (Lipinski definition) is 3. The van der Waals surface area contributed by atoms with Gasteiger partial charge < -0.3 is 10.1 Å². The Balaban J connectivity index is 1.88. The van der Waals surface area contributed by atoms with Crippen molar-refractivity contribution in [1.82, 2.24) is 15.1 Å². The summed E-state index contributed by atoms with van der Waals surface area (Å²) in [5.41, 5.74) is 1.70. The number of allylic oxidation sites excluding steroid dienone is 2. The number of halogens is 1. The lowest BCUT2D eigenvalue weighted by atomic mass is 10.2. The van der Waals surface area contributed by atoms with Gasteiger partial charge in [0.1, 0.15) is 5.69 Å². The molecule has 0 aliphatic heterocycles. The van der Waals surface area contributed by atoms with Crippen LogP contribution in [0.4, 0.5) is 4.39 Å². The predicted octanol–water partition coefficient (Wildman–Crippen LogP) is 4.57. The molecule has 1 aromatic heterocycles. The fraction of sp³-hybridized carbons (Fsp3) is 0.455. The van der Waals surface area contributed by atoms with Gasteiger partial charge in [-0.2, -0.15) is 5.10 Å². The minimum absolute atomic E-state index is 0.0915. The monoisotopic (exact) mass is 387 g/mol. The van der Waals surface area contributed by atoms with Gasteiger partial charge in [-0.15, -0.1) is 0 Å². The highest BCUT2D eigenvalue weighted by atomic mass is 19.1. The normalized spacial score (nSPS) is 11.1. The van der Waals surface area contributed by atoms with Crippen molar-refractivity contribution in [2.45, 2.75) is 52.5 Å². The number of carbonyl (C=O) groups excluding carboxylic acids is 1. The molecule has 0 fully saturated rings. The number of carbonyl (C=O) groups is 1. The van der Waals surface area contributed by atoms with E-state index < -0.39 is 5.82 Å². The summed E-state index contributed by atoms with van der Waals surface area (Å²) < 4.78 is 21.7. The van der Waals surface area contributed by atoms with Gasteiger partial charge in [-0.25, -0.2) is 4.39 Å². The van der Waals surface area contributed by atoms with Crippen molar-refractivity contribution in [3.8, 4) is 5.75 Å². The number of unbranched alkanes of at least 4 members (excludes halogenated alkanes) is 2. The number of benzene rings is 1. The van der Waals surface area contributed by atoms with E-state index in [-0.39, 0.29) is 18.2 Å². The first kappa shape index (κ1) is 21.7. The van der Waals surface area contributed by atoms with Crippen LogP contribution in [0.5, 0.6) is 5.75 Å². The summed E-state index contributed by atoms with van der Waals surface area (Å²) in [6, 6.07) is 6.75. The van der Waals surface area contributed by atoms with Crippen LogP contribution in [0, 0.1) is 5.82 Å². The summed E-state index contributed by atoms with van der Waals surface area (Å²) in [5.74, 6) is -0.485. The average Bonchev–Trinajstić information content (AvgIpc) is 3.08. The Bertz CT molecular complexity index is 799. The van der Waals surface area contributed by atoms with Crippen LogP contribution in [-0.4, -0.2) is 22.3 Å². The third-order valence-corrected chi connectivity index (χ3v) is 4.40. The minimum atomic E-state index is -0.427. The lowest BCUT2D eigenvalue weighted by molar-refractivity contribution is 0.0941. The van der Waals surface area contributed by atoms with Crippen LogP contribution in [0.15, 0.2) is 36.4 Å². The van der Waals surface area contributed by atoms with Crippen LogP contribution >= 0.6 is 0 Å². The van der Waals surface area contributed by atoms with E-state index in [9.17, 15) is 9.18 Å². The average molecular weight is 387 g/mol. The molecule has 0 bridgehead atoms. The van der Waals surface area contributed by atoms with Crippen molar-refractivity contribution >= 4 is 5.91 Å². The SMILES string of the molecule is CCCC=CCCCOc1cccc(CNC(=O)c2cc(CC)nn2C)c1F. The summed E-state index contributed by atoms with van der Waals surface area (Å²) in [6.07, 6.45) is 9.03. The van der Waals surface area contributed by atoms with Crippen LogP contribution < -0.4 is 10.1 Å². The first-order chi connectivity index (χ1) is 13.6. The summed E-state index contributed by atoms with van der Waals surface area (Å²) in [7, 11) is 1.72. The second-order valence-electron chi connectivity index (χ2n) is 6.66. The molecule has 0 unspecified atom stereocenters. The van der Waals surface area contributed by atoms with Crippen LogP contribution in [-0.2, 0) is 20.0 Å². The third-order valence-electron chi connectivity index (χ3n) is 4.40. The van der Waals surface area contributed by atoms with Gasteiger partial charge in [0.25, 0.3) is 5.91 Å². The Labute approximate surface area is 166 Å². The van der Waals surface area contributed by atoms with E-state index in [4.69, 9.17) is 4.74 Å². The number of hydrogen-bond donors (Lipinski definition) is 1. The topological polar surface area (TPSA) is 56.1 Å². The largest absolute Gasteiger partial charge is 0.490 e. The molecular weight excluding hydrogens is 357 g/mol. The molecule has 1 N–H and O–H groups in total. The number of amides is 1. The number of ether oxygens (including phenoxy) is 1. The maximum absolute atomic E-state index is 14.6. The molecule has 0 spiro atoms. The second kappa shape index (κ2) is 11.3. The number of aryl methyl sites for hydroxylation is 2. The molecule has 28 heavy (non-hydrogen) atoms. The van der Waals surface area contributed by atoms with Crippen molar-refractivity contribution in [2.75, 3.05) is 6.61 Å². The van der Waals surface area contributed by atoms with Crippen molar-refractivity contribution in [3.63, 3.8) is 0 Å². The molecule has 6 heteroatoms. The summed E-state index contributed by atoms with van der Waals surface area (Å²) in [4.78, 5) is 12.4. The molecule has 0 atom stereocenters. The van der Waals surface area contributed by atoms with E-state index in [1.807, 2.05) is 6.92 Å². The first-order valence-electron chi connectivity index (χ1n) is 9.93. The molecule has 1 heterocycles. The van der Waals surface area contributed by atoms with E-state index in [1.165, 1.54) is 0 Å². The zero-order valence-corrected chi connectivity index (χ0v) is 17.0. The second-order valence-corrected chi connectivity index (χ2v) is 6.66. The maximum Gasteiger partial charge on any atom is 0.269 e. The lowest BCUT2D eigenvalue weighted by Crippen LogP contribution is -2.25. The molecular formula is C22H30FN3O2. The zero-order chi connectivity index (χ0) is 20.4. The summed E-state index contributed by atoms with van der Waals surface area (Å²) >= 11 is 0. The highest BCUT2D eigenvalue weighted by molar-refractivity contribution is 5.92. The standard InChI is InChI=1S/C22H30FN3O2/c1-4-6-7-8-9-10-14-28-20-13-11-12-17(21(20)23)16-24-22(27)19-15-18(5-2)25-26(19)3/h7-8,11-13,15H,4-6,9-10,14,16H2,1-3H3,(H,24,27). The van der Waals surface area contributed by atoms with E-state index in [0.717, 1.165) is 37.8 Å². The summed E-state index contributed by atoms with van der Waals surface area (Å²) in [6.45, 7) is 4.67. The van der Waals surface area contributed by atoms with Gasteiger partial charge in [-0.1, -0.05) is 44.6 Å². The fourth-order valence-electron chi connectivity index (χ4n) is 2.77. The van der Waals surface area contributed by atoms with Crippen LogP contribution in [0.25, 0.3) is 0 Å². The Kier molecular flexibility index (Phi) is 8.72. The van der Waals surface area contributed by atoms with Gasteiger partial charge in [0.15, 0.2) is 11.6 Å². The van der Waals surface area contributed by atoms with Gasteiger partial charge in [0.05, 0.1) is 12.3 Å². The highest BCUT2D eigenvalue weighted by Gasteiger charge is 2.14. The van der Waals surface area contributed by atoms with Crippen molar-refractivity contribution < 1.29 is 13.9 Å². The Hall–Kier alpha value is -2.63. The first-order valence-corrected chi connectivity index (χ1v) is 9.93. The van der Waals surface area contributed by atoms with Crippen LogP contribution in [0.1, 0.15) is 61.3 Å². The quantitative estimate of drug-likeness (QED) is 0.454. The molecule has 0 radical (unpaired) electrons. The molecule has 5 nitrogen and oxygen atoms in total. The molecule has 2 rings (SSSR count). The Morgan fingerprint density at radius 1 is 1.29 bits per heavy atom. The van der Waals surface area contributed by atoms with Crippen LogP contribution in [0.2, 0.25) is 0 Å². The van der Waals surface area contributed by atoms with Gasteiger partial charge in [0, 0.05) is 19.2 Å². The van der Waals surface area contributed by atoms with Crippen molar-refractivity contribution in [2.24, 2.45) is 7.05 Å². The van der Waals surface area contributed by atoms with Gasteiger partial charge in [-0.05, 0) is 37.8 Å². The molecule has 0 saturated carbocycles. The van der Waals surface area contributed by atoms with Crippen molar-refractivity contribution in [3.05, 3.63) is 59.2 Å². The minimum Gasteiger partial charge on any atom is -0.490 e. The molecule has 2 aromatic rings. The van der Waals surface area contributed by atoms with Gasteiger partial charge >= 0.3 is 0 Å². The molecule has 0 aliphatic carbocycles. The van der Waals surface area contributed by atoms with E-state index in [1.54, 1.807) is 36.0 Å². The maximum atomic E-state index is 14.6. The van der Waals surface area contributed by atoms with Gasteiger partial charge in [-0.3, -0.25) is 9.48 Å². The smallest absolute Gasteiger partial charge is 0.269 e. The van der Waals surface area contributed by atoms with Crippen molar-refractivity contribution in [1.29, 1.82) is 0 Å². The van der Waals surface area contributed by atoms with E-state index in [2.05, 4.69) is 29.5 Å². The zero-order valence-electron chi connectivity index (χ0n) is 17.0. The highest BCUT2D eigenvalue weighted by Crippen LogP contribution is 2.21. The molecule has 0 aliphatic rings. The Morgan fingerprint density at radius 2 is 2.07 bits per heavy atom. The van der Waals surface area contributed by atoms with E-state index >= 15 is 0 Å². The lowest BCUT2D eigenvalue weighted by Gasteiger charge is -2.11. The Morgan fingerprint density at radius 3 is 2.79 bits per heavy atom. The van der Waals surface area contributed by atoms with E-state index in [0.29, 0.717) is 17.9 Å². The fourth-order valence-corrected chi connectivity index (χ4v) is 2.77. The summed E-state index contributed by atoms with van der Waals surface area (Å²) in [5, 5.41) is 7.01. The predicted molar refractivity (Wildman–Crippen MR) is 109 cm³/mol. The number of nitrogens with zero attached hydrogens (tertiary/aromatic N) is 2. The number of nitrogens with one attached hydrogen (secondary N) is 1.